The summed E-state index contributed by atoms with van der Waals surface area (Å²) in [4.78, 5) is 12.1. The fraction of sp³-hybridized carbons (Fsp3) is 0.0417. The van der Waals surface area contributed by atoms with Crippen LogP contribution in [0.1, 0.15) is 11.1 Å². The molecule has 1 N–H and O–H groups in total. The Hall–Kier alpha value is -3.99. The van der Waals surface area contributed by atoms with Crippen LogP contribution in [-0.4, -0.2) is 21.9 Å². The molecule has 29 heavy (non-hydrogen) atoms. The van der Waals surface area contributed by atoms with Gasteiger partial charge in [0.25, 0.3) is 0 Å². The van der Waals surface area contributed by atoms with Crippen molar-refractivity contribution in [3.05, 3.63) is 108 Å². The Bertz CT molecular complexity index is 1100. The molecular formula is C24H20N4O. The molecular weight excluding hydrogens is 360 g/mol. The average Bonchev–Trinajstić information content (AvgIpc) is 3.20. The Balaban J connectivity index is 1.56. The van der Waals surface area contributed by atoms with Crippen molar-refractivity contribution in [3.8, 4) is 16.9 Å². The first-order valence-electron chi connectivity index (χ1n) is 9.36. The number of carbonyl (C=O) groups excluding carboxylic acids is 1. The van der Waals surface area contributed by atoms with Crippen LogP contribution in [0.2, 0.25) is 0 Å². The highest BCUT2D eigenvalue weighted by Crippen LogP contribution is 2.22. The van der Waals surface area contributed by atoms with Gasteiger partial charge >= 0.3 is 0 Å². The van der Waals surface area contributed by atoms with E-state index in [-0.39, 0.29) is 12.3 Å². The number of hydrogen-bond acceptors (Lipinski definition) is 3. The zero-order valence-corrected chi connectivity index (χ0v) is 15.8. The molecule has 4 rings (SSSR count). The van der Waals surface area contributed by atoms with E-state index in [1.54, 1.807) is 6.21 Å². The number of aromatic nitrogens is 2. The number of carbonyl (C=O) groups is 1. The first-order valence-corrected chi connectivity index (χ1v) is 9.36. The fourth-order valence-electron chi connectivity index (χ4n) is 3.01. The topological polar surface area (TPSA) is 59.3 Å². The van der Waals surface area contributed by atoms with Crippen LogP contribution in [0.5, 0.6) is 0 Å². The fourth-order valence-corrected chi connectivity index (χ4v) is 3.01. The lowest BCUT2D eigenvalue weighted by molar-refractivity contribution is -0.120. The van der Waals surface area contributed by atoms with Gasteiger partial charge in [0.15, 0.2) is 0 Å². The van der Waals surface area contributed by atoms with Crippen molar-refractivity contribution in [2.75, 3.05) is 0 Å². The van der Waals surface area contributed by atoms with Gasteiger partial charge in [0.05, 0.1) is 18.3 Å². The summed E-state index contributed by atoms with van der Waals surface area (Å²) in [5.41, 5.74) is 7.11. The number of para-hydroxylation sites is 1. The number of hydrazone groups is 1. The van der Waals surface area contributed by atoms with E-state index in [2.05, 4.69) is 10.5 Å². The molecule has 3 aromatic carbocycles. The summed E-state index contributed by atoms with van der Waals surface area (Å²) in [6, 6.07) is 29.4. The lowest BCUT2D eigenvalue weighted by atomic mass is 10.1. The van der Waals surface area contributed by atoms with E-state index >= 15 is 0 Å². The Morgan fingerprint density at radius 1 is 0.897 bits per heavy atom. The van der Waals surface area contributed by atoms with Crippen molar-refractivity contribution in [1.29, 1.82) is 0 Å². The predicted octanol–water partition coefficient (Wildman–Crippen LogP) is 4.23. The van der Waals surface area contributed by atoms with Crippen LogP contribution in [0.3, 0.4) is 0 Å². The SMILES string of the molecule is O=C(Cc1ccccc1)N/N=C\c1cn(-c2ccccc2)nc1-c1ccccc1. The highest BCUT2D eigenvalue weighted by Gasteiger charge is 2.11. The second-order valence-electron chi connectivity index (χ2n) is 6.53. The largest absolute Gasteiger partial charge is 0.273 e. The van der Waals surface area contributed by atoms with E-state index in [0.717, 1.165) is 28.1 Å². The molecule has 0 saturated carbocycles. The number of amides is 1. The Morgan fingerprint density at radius 3 is 2.21 bits per heavy atom. The summed E-state index contributed by atoms with van der Waals surface area (Å²) >= 11 is 0. The Kier molecular flexibility index (Phi) is 5.58. The zero-order valence-electron chi connectivity index (χ0n) is 15.8. The minimum absolute atomic E-state index is 0.163. The molecule has 4 aromatic rings. The highest BCUT2D eigenvalue weighted by molar-refractivity contribution is 5.89. The lowest BCUT2D eigenvalue weighted by Crippen LogP contribution is -2.19. The van der Waals surface area contributed by atoms with Crippen LogP contribution in [0, 0.1) is 0 Å². The molecule has 0 fully saturated rings. The molecule has 0 bridgehead atoms. The molecule has 0 saturated heterocycles. The number of rotatable bonds is 6. The third-order valence-corrected chi connectivity index (χ3v) is 4.41. The summed E-state index contributed by atoms with van der Waals surface area (Å²) < 4.78 is 1.81. The predicted molar refractivity (Wildman–Crippen MR) is 115 cm³/mol. The molecule has 1 heterocycles. The van der Waals surface area contributed by atoms with Crippen LogP contribution in [0.25, 0.3) is 16.9 Å². The number of nitrogens with one attached hydrogen (secondary N) is 1. The molecule has 0 atom stereocenters. The van der Waals surface area contributed by atoms with Crippen LogP contribution in [-0.2, 0) is 11.2 Å². The molecule has 1 amide bonds. The van der Waals surface area contributed by atoms with E-state index in [4.69, 9.17) is 5.10 Å². The minimum Gasteiger partial charge on any atom is -0.273 e. The smallest absolute Gasteiger partial charge is 0.244 e. The minimum atomic E-state index is -0.163. The molecule has 0 unspecified atom stereocenters. The van der Waals surface area contributed by atoms with Gasteiger partial charge in [-0.15, -0.1) is 0 Å². The van der Waals surface area contributed by atoms with E-state index in [9.17, 15) is 4.79 Å². The summed E-state index contributed by atoms with van der Waals surface area (Å²) in [7, 11) is 0. The van der Waals surface area contributed by atoms with Gasteiger partial charge in [0, 0.05) is 17.3 Å². The maximum absolute atomic E-state index is 12.1. The van der Waals surface area contributed by atoms with Crippen molar-refractivity contribution >= 4 is 12.1 Å². The second kappa shape index (κ2) is 8.80. The van der Waals surface area contributed by atoms with Gasteiger partial charge in [-0.05, 0) is 17.7 Å². The molecule has 0 aliphatic carbocycles. The third-order valence-electron chi connectivity index (χ3n) is 4.41. The molecule has 0 aliphatic heterocycles. The average molecular weight is 380 g/mol. The van der Waals surface area contributed by atoms with Crippen LogP contribution < -0.4 is 5.43 Å². The summed E-state index contributed by atoms with van der Waals surface area (Å²) in [5.74, 6) is -0.163. The van der Waals surface area contributed by atoms with Crippen molar-refractivity contribution in [2.24, 2.45) is 5.10 Å². The number of hydrogen-bond donors (Lipinski definition) is 1. The first kappa shape index (κ1) is 18.4. The van der Waals surface area contributed by atoms with Gasteiger partial charge in [-0.1, -0.05) is 78.9 Å². The summed E-state index contributed by atoms with van der Waals surface area (Å²) in [6.07, 6.45) is 3.83. The summed E-state index contributed by atoms with van der Waals surface area (Å²) in [5, 5.41) is 8.88. The van der Waals surface area contributed by atoms with E-state index < -0.39 is 0 Å². The zero-order chi connectivity index (χ0) is 19.9. The van der Waals surface area contributed by atoms with Gasteiger partial charge in [0.2, 0.25) is 5.91 Å². The molecule has 0 aliphatic rings. The van der Waals surface area contributed by atoms with Crippen LogP contribution in [0.4, 0.5) is 0 Å². The van der Waals surface area contributed by atoms with E-state index in [1.807, 2.05) is 102 Å². The summed E-state index contributed by atoms with van der Waals surface area (Å²) in [6.45, 7) is 0. The quantitative estimate of drug-likeness (QED) is 0.402. The Labute approximate surface area is 169 Å². The lowest BCUT2D eigenvalue weighted by Gasteiger charge is -2.00. The van der Waals surface area contributed by atoms with Gasteiger partial charge < -0.3 is 0 Å². The van der Waals surface area contributed by atoms with Gasteiger partial charge in [-0.25, -0.2) is 10.1 Å². The normalized spacial score (nSPS) is 10.9. The van der Waals surface area contributed by atoms with Gasteiger partial charge in [-0.3, -0.25) is 4.79 Å². The van der Waals surface area contributed by atoms with E-state index in [0.29, 0.717) is 0 Å². The van der Waals surface area contributed by atoms with Crippen molar-refractivity contribution < 1.29 is 4.79 Å². The van der Waals surface area contributed by atoms with E-state index in [1.165, 1.54) is 0 Å². The van der Waals surface area contributed by atoms with Crippen molar-refractivity contribution in [2.45, 2.75) is 6.42 Å². The molecule has 0 spiro atoms. The molecule has 1 aromatic heterocycles. The molecule has 5 nitrogen and oxygen atoms in total. The first-order chi connectivity index (χ1) is 14.3. The third kappa shape index (κ3) is 4.65. The van der Waals surface area contributed by atoms with Crippen molar-refractivity contribution in [1.82, 2.24) is 15.2 Å². The highest BCUT2D eigenvalue weighted by atomic mass is 16.2. The van der Waals surface area contributed by atoms with Crippen LogP contribution in [0.15, 0.2) is 102 Å². The second-order valence-corrected chi connectivity index (χ2v) is 6.53. The molecule has 0 radical (unpaired) electrons. The van der Waals surface area contributed by atoms with Gasteiger partial charge in [-0.2, -0.15) is 10.2 Å². The van der Waals surface area contributed by atoms with Crippen molar-refractivity contribution in [3.63, 3.8) is 0 Å². The molecule has 142 valence electrons. The standard InChI is InChI=1S/C24H20N4O/c29-23(16-19-10-4-1-5-11-19)26-25-17-21-18-28(22-14-8-3-9-15-22)27-24(21)20-12-6-2-7-13-20/h1-15,17-18H,16H2,(H,26,29)/b25-17-. The van der Waals surface area contributed by atoms with Gasteiger partial charge in [0.1, 0.15) is 5.69 Å². The number of nitrogens with zero attached hydrogens (tertiary/aromatic N) is 3. The maximum atomic E-state index is 12.1. The van der Waals surface area contributed by atoms with Crippen LogP contribution >= 0.6 is 0 Å². The maximum Gasteiger partial charge on any atom is 0.244 e. The molecule has 5 heteroatoms. The Morgan fingerprint density at radius 2 is 1.52 bits per heavy atom. The monoisotopic (exact) mass is 380 g/mol. The number of benzene rings is 3.